The highest BCUT2D eigenvalue weighted by Crippen LogP contribution is 1.82. The SMILES string of the molecule is CC[N+](C)(O)O. The van der Waals surface area contributed by atoms with Gasteiger partial charge in [0, 0.05) is 0 Å². The summed E-state index contributed by atoms with van der Waals surface area (Å²) in [7, 11) is 1.29. The van der Waals surface area contributed by atoms with E-state index in [-0.39, 0.29) is 0 Å². The molecule has 2 N–H and O–H groups in total. The van der Waals surface area contributed by atoms with Gasteiger partial charge in [0.25, 0.3) is 0 Å². The fourth-order valence-corrected chi connectivity index (χ4v) is 0. The molecule has 3 heteroatoms. The van der Waals surface area contributed by atoms with Crippen LogP contribution in [-0.4, -0.2) is 28.8 Å². The van der Waals surface area contributed by atoms with Crippen molar-refractivity contribution < 1.29 is 15.2 Å². The van der Waals surface area contributed by atoms with Gasteiger partial charge in [-0.2, -0.15) is 10.4 Å². The van der Waals surface area contributed by atoms with Crippen LogP contribution in [0.2, 0.25) is 0 Å². The molecule has 0 heterocycles. The van der Waals surface area contributed by atoms with E-state index in [0.29, 0.717) is 6.54 Å². The molecular weight excluding hydrogens is 82.0 g/mol. The first-order valence-corrected chi connectivity index (χ1v) is 1.87. The third-order valence-corrected chi connectivity index (χ3v) is 0.599. The third kappa shape index (κ3) is 3.88. The molecular formula is C3H10NO2+. The smallest absolute Gasteiger partial charge is 0.139 e. The van der Waals surface area contributed by atoms with Gasteiger partial charge in [-0.05, 0) is 6.92 Å². The van der Waals surface area contributed by atoms with Gasteiger partial charge in [-0.15, -0.1) is 0 Å². The molecule has 38 valence electrons. The molecule has 0 fully saturated rings. The van der Waals surface area contributed by atoms with Crippen LogP contribution in [-0.2, 0) is 0 Å². The summed E-state index contributed by atoms with van der Waals surface area (Å²) in [5.41, 5.74) is 0. The summed E-state index contributed by atoms with van der Waals surface area (Å²) in [6.07, 6.45) is 0. The quantitative estimate of drug-likeness (QED) is 0.359. The summed E-state index contributed by atoms with van der Waals surface area (Å²) in [5, 5.41) is 16.6. The molecule has 0 saturated carbocycles. The van der Waals surface area contributed by atoms with Gasteiger partial charge in [-0.25, -0.2) is 0 Å². The second-order valence-corrected chi connectivity index (χ2v) is 1.40. The lowest BCUT2D eigenvalue weighted by molar-refractivity contribution is -1.23. The lowest BCUT2D eigenvalue weighted by atomic mass is 10.7. The van der Waals surface area contributed by atoms with Gasteiger partial charge < -0.3 is 0 Å². The van der Waals surface area contributed by atoms with Crippen molar-refractivity contribution in [2.45, 2.75) is 6.92 Å². The number of rotatable bonds is 1. The normalized spacial score (nSPS) is 12.0. The zero-order chi connectivity index (χ0) is 5.21. The maximum atomic E-state index is 8.32. The predicted octanol–water partition coefficient (Wildman–Crippen LogP) is 0.231. The molecule has 0 aliphatic carbocycles. The van der Waals surface area contributed by atoms with Gasteiger partial charge in [0.05, 0.1) is 0 Å². The van der Waals surface area contributed by atoms with Crippen molar-refractivity contribution in [2.75, 3.05) is 13.6 Å². The van der Waals surface area contributed by atoms with E-state index >= 15 is 0 Å². The fraction of sp³-hybridized carbons (Fsp3) is 1.00. The van der Waals surface area contributed by atoms with Crippen LogP contribution in [0.15, 0.2) is 0 Å². The summed E-state index contributed by atoms with van der Waals surface area (Å²) in [6, 6.07) is 0. The number of nitrogens with zero attached hydrogens (tertiary/aromatic N) is 1. The second-order valence-electron chi connectivity index (χ2n) is 1.40. The molecule has 6 heavy (non-hydrogen) atoms. The standard InChI is InChI=1S/C3H10NO2/c1-3-4(2,5)6/h5-6H,3H2,1-2H3/q+1. The monoisotopic (exact) mass is 92.1 g/mol. The van der Waals surface area contributed by atoms with Gasteiger partial charge in [-0.1, -0.05) is 4.81 Å². The van der Waals surface area contributed by atoms with Crippen LogP contribution in [0.25, 0.3) is 0 Å². The van der Waals surface area contributed by atoms with Gasteiger partial charge in [0.15, 0.2) is 0 Å². The zero-order valence-electron chi connectivity index (χ0n) is 4.05. The number of hydrogen-bond donors (Lipinski definition) is 2. The number of hydroxylamine groups is 4. The van der Waals surface area contributed by atoms with E-state index in [0.717, 1.165) is 0 Å². The van der Waals surface area contributed by atoms with Crippen molar-refractivity contribution in [2.24, 2.45) is 0 Å². The highest BCUT2D eigenvalue weighted by atomic mass is 16.8. The van der Waals surface area contributed by atoms with Crippen LogP contribution in [0.3, 0.4) is 0 Å². The minimum Gasteiger partial charge on any atom is -0.182 e. The van der Waals surface area contributed by atoms with Gasteiger partial charge in [0.1, 0.15) is 13.6 Å². The van der Waals surface area contributed by atoms with Crippen molar-refractivity contribution >= 4 is 0 Å². The molecule has 0 rings (SSSR count). The largest absolute Gasteiger partial charge is 0.182 e. The second kappa shape index (κ2) is 1.55. The van der Waals surface area contributed by atoms with Crippen molar-refractivity contribution in [1.82, 2.24) is 0 Å². The first-order chi connectivity index (χ1) is 2.56. The fourth-order valence-electron chi connectivity index (χ4n) is 0. The molecule has 0 aromatic carbocycles. The van der Waals surface area contributed by atoms with Crippen molar-refractivity contribution in [3.05, 3.63) is 0 Å². The van der Waals surface area contributed by atoms with Gasteiger partial charge >= 0.3 is 0 Å². The van der Waals surface area contributed by atoms with Crippen LogP contribution in [0.1, 0.15) is 6.92 Å². The van der Waals surface area contributed by atoms with E-state index in [1.165, 1.54) is 7.05 Å². The molecule has 0 saturated heterocycles. The van der Waals surface area contributed by atoms with Crippen molar-refractivity contribution in [3.63, 3.8) is 0 Å². The maximum absolute atomic E-state index is 8.32. The molecule has 3 nitrogen and oxygen atoms in total. The molecule has 0 aromatic heterocycles. The van der Waals surface area contributed by atoms with Crippen LogP contribution in [0.5, 0.6) is 0 Å². The summed E-state index contributed by atoms with van der Waals surface area (Å²) in [4.78, 5) is -0.931. The molecule has 0 aliphatic rings. The molecule has 0 radical (unpaired) electrons. The topological polar surface area (TPSA) is 40.5 Å². The van der Waals surface area contributed by atoms with Crippen LogP contribution in [0, 0.1) is 0 Å². The van der Waals surface area contributed by atoms with Crippen LogP contribution in [0.4, 0.5) is 0 Å². The van der Waals surface area contributed by atoms with Crippen LogP contribution >= 0.6 is 0 Å². The molecule has 0 bridgehead atoms. The highest BCUT2D eigenvalue weighted by molar-refractivity contribution is 3.92. The first-order valence-electron chi connectivity index (χ1n) is 1.87. The molecule has 0 unspecified atom stereocenters. The lowest BCUT2D eigenvalue weighted by Crippen LogP contribution is -2.35. The first kappa shape index (κ1) is 5.88. The Hall–Kier alpha value is -0.120. The average Bonchev–Trinajstić information content (AvgIpc) is 1.35. The minimum absolute atomic E-state index is 0.319. The third-order valence-electron chi connectivity index (χ3n) is 0.599. The zero-order valence-corrected chi connectivity index (χ0v) is 4.05. The van der Waals surface area contributed by atoms with E-state index in [4.69, 9.17) is 10.4 Å². The summed E-state index contributed by atoms with van der Waals surface area (Å²) in [5.74, 6) is 0. The predicted molar refractivity (Wildman–Crippen MR) is 20.3 cm³/mol. The Balaban J connectivity index is 3.17. The van der Waals surface area contributed by atoms with E-state index in [1.807, 2.05) is 0 Å². The van der Waals surface area contributed by atoms with E-state index in [1.54, 1.807) is 6.92 Å². The Labute approximate surface area is 36.9 Å². The Kier molecular flexibility index (Phi) is 1.52. The highest BCUT2D eigenvalue weighted by Gasteiger charge is 2.06. The van der Waals surface area contributed by atoms with Crippen molar-refractivity contribution in [3.8, 4) is 0 Å². The maximum Gasteiger partial charge on any atom is 0.139 e. The number of hydrogen-bond acceptors (Lipinski definition) is 2. The molecule has 0 aromatic rings. The van der Waals surface area contributed by atoms with E-state index in [9.17, 15) is 0 Å². The minimum atomic E-state index is -0.931. The molecule has 0 aliphatic heterocycles. The van der Waals surface area contributed by atoms with Gasteiger partial charge in [-0.3, -0.25) is 0 Å². The molecule has 0 atom stereocenters. The Morgan fingerprint density at radius 2 is 1.67 bits per heavy atom. The van der Waals surface area contributed by atoms with Gasteiger partial charge in [0.2, 0.25) is 0 Å². The van der Waals surface area contributed by atoms with Crippen molar-refractivity contribution in [1.29, 1.82) is 0 Å². The Morgan fingerprint density at radius 1 is 1.50 bits per heavy atom. The summed E-state index contributed by atoms with van der Waals surface area (Å²) < 4.78 is 0. The average molecular weight is 92.1 g/mol. The Morgan fingerprint density at radius 3 is 1.67 bits per heavy atom. The molecule has 0 amide bonds. The summed E-state index contributed by atoms with van der Waals surface area (Å²) in [6.45, 7) is 2.00. The van der Waals surface area contributed by atoms with E-state index < -0.39 is 4.81 Å². The lowest BCUT2D eigenvalue weighted by Gasteiger charge is -2.10. The Bertz CT molecular complexity index is 38.5. The number of quaternary nitrogens is 1. The molecule has 0 spiro atoms. The summed E-state index contributed by atoms with van der Waals surface area (Å²) >= 11 is 0. The van der Waals surface area contributed by atoms with E-state index in [2.05, 4.69) is 0 Å². The van der Waals surface area contributed by atoms with Crippen LogP contribution < -0.4 is 0 Å².